The van der Waals surface area contributed by atoms with Crippen LogP contribution in [0.25, 0.3) is 0 Å². The van der Waals surface area contributed by atoms with E-state index >= 15 is 0 Å². The minimum atomic E-state index is -0.240. The molecule has 0 fully saturated rings. The average Bonchev–Trinajstić information content (AvgIpc) is 2.51. The number of hydrogen-bond acceptors (Lipinski definition) is 1. The highest BCUT2D eigenvalue weighted by molar-refractivity contribution is 5.37. The van der Waals surface area contributed by atoms with Gasteiger partial charge >= 0.3 is 0 Å². The summed E-state index contributed by atoms with van der Waals surface area (Å²) in [5.41, 5.74) is 3.26. The Kier molecular flexibility index (Phi) is 5.60. The first kappa shape index (κ1) is 14.9. The van der Waals surface area contributed by atoms with Gasteiger partial charge in [0.05, 0.1) is 13.4 Å². The first-order valence-corrected chi connectivity index (χ1v) is 6.78. The fourth-order valence-electron chi connectivity index (χ4n) is 1.98. The van der Waals surface area contributed by atoms with Crippen molar-refractivity contribution in [2.45, 2.75) is 12.8 Å². The number of rotatable bonds is 4. The quantitative estimate of drug-likeness (QED) is 0.604. The molecule has 0 saturated carbocycles. The van der Waals surface area contributed by atoms with Crippen molar-refractivity contribution in [3.8, 4) is 11.8 Å². The molecule has 1 nitrogen and oxygen atoms in total. The fraction of sp³-hybridized carbons (Fsp3) is 0.158. The summed E-state index contributed by atoms with van der Waals surface area (Å²) in [6.45, 7) is 0. The third-order valence-electron chi connectivity index (χ3n) is 3.04. The Morgan fingerprint density at radius 2 is 1.76 bits per heavy atom. The van der Waals surface area contributed by atoms with E-state index in [4.69, 9.17) is 4.74 Å². The molecule has 0 aromatic heterocycles. The lowest BCUT2D eigenvalue weighted by Gasteiger charge is -2.03. The summed E-state index contributed by atoms with van der Waals surface area (Å²) in [5, 5.41) is 0. The highest BCUT2D eigenvalue weighted by Gasteiger charge is 1.98. The predicted molar refractivity (Wildman–Crippen MR) is 83.3 cm³/mol. The van der Waals surface area contributed by atoms with Crippen LogP contribution in [0.2, 0.25) is 0 Å². The second-order valence-electron chi connectivity index (χ2n) is 4.57. The highest BCUT2D eigenvalue weighted by atomic mass is 19.1. The van der Waals surface area contributed by atoms with Gasteiger partial charge in [0.15, 0.2) is 0 Å². The third kappa shape index (κ3) is 4.81. The van der Waals surface area contributed by atoms with Crippen LogP contribution in [0.1, 0.15) is 16.7 Å². The Balaban J connectivity index is 2.06. The first-order valence-electron chi connectivity index (χ1n) is 6.78. The van der Waals surface area contributed by atoms with Gasteiger partial charge in [-0.05, 0) is 47.9 Å². The van der Waals surface area contributed by atoms with Gasteiger partial charge < -0.3 is 4.74 Å². The van der Waals surface area contributed by atoms with Gasteiger partial charge in [-0.2, -0.15) is 0 Å². The van der Waals surface area contributed by atoms with E-state index in [9.17, 15) is 4.39 Å². The molecule has 2 rings (SSSR count). The molecule has 0 amide bonds. The average molecular weight is 280 g/mol. The summed E-state index contributed by atoms with van der Waals surface area (Å²) < 4.78 is 17.7. The molecule has 2 heteroatoms. The van der Waals surface area contributed by atoms with E-state index in [1.165, 1.54) is 23.3 Å². The van der Waals surface area contributed by atoms with Gasteiger partial charge in [-0.3, -0.25) is 0 Å². The van der Waals surface area contributed by atoms with Gasteiger partial charge in [0, 0.05) is 12.0 Å². The van der Waals surface area contributed by atoms with Gasteiger partial charge in [-0.1, -0.05) is 36.1 Å². The second kappa shape index (κ2) is 7.91. The van der Waals surface area contributed by atoms with Gasteiger partial charge in [0.2, 0.25) is 0 Å². The standard InChI is InChI=1S/C19H17FO/c1-21-15-5-10-18-8-3-2-7-17(18)9-4-6-16-11-13-19(20)14-12-16/h2-3,5,7-8,11-15H,9-10H2,1H3. The molecule has 0 atom stereocenters. The van der Waals surface area contributed by atoms with Crippen molar-refractivity contribution in [1.29, 1.82) is 0 Å². The summed E-state index contributed by atoms with van der Waals surface area (Å²) in [6, 6.07) is 14.4. The van der Waals surface area contributed by atoms with E-state index in [0.717, 1.165) is 12.0 Å². The van der Waals surface area contributed by atoms with Crippen molar-refractivity contribution < 1.29 is 9.13 Å². The maximum Gasteiger partial charge on any atom is 0.123 e. The molecule has 0 radical (unpaired) electrons. The fourth-order valence-corrected chi connectivity index (χ4v) is 1.98. The molecule has 0 unspecified atom stereocenters. The summed E-state index contributed by atoms with van der Waals surface area (Å²) >= 11 is 0. The Morgan fingerprint density at radius 3 is 2.48 bits per heavy atom. The van der Waals surface area contributed by atoms with Gasteiger partial charge in [0.1, 0.15) is 5.82 Å². The van der Waals surface area contributed by atoms with Crippen LogP contribution in [0, 0.1) is 17.7 Å². The molecule has 0 bridgehead atoms. The Morgan fingerprint density at radius 1 is 1.05 bits per heavy atom. The van der Waals surface area contributed by atoms with Crippen molar-refractivity contribution in [3.05, 3.63) is 83.4 Å². The molecule has 2 aromatic rings. The van der Waals surface area contributed by atoms with Crippen LogP contribution in [0.3, 0.4) is 0 Å². The van der Waals surface area contributed by atoms with Crippen LogP contribution in [0.5, 0.6) is 0 Å². The van der Waals surface area contributed by atoms with Gasteiger partial charge in [-0.15, -0.1) is 0 Å². The molecule has 106 valence electrons. The number of hydrogen-bond donors (Lipinski definition) is 0. The maximum atomic E-state index is 12.8. The summed E-state index contributed by atoms with van der Waals surface area (Å²) in [6.07, 6.45) is 5.16. The molecule has 0 N–H and O–H groups in total. The van der Waals surface area contributed by atoms with Crippen molar-refractivity contribution in [2.24, 2.45) is 0 Å². The number of ether oxygens (including phenoxy) is 1. The monoisotopic (exact) mass is 280 g/mol. The van der Waals surface area contributed by atoms with Crippen LogP contribution in [0.4, 0.5) is 4.39 Å². The van der Waals surface area contributed by atoms with Gasteiger partial charge in [0.25, 0.3) is 0 Å². The number of methoxy groups -OCH3 is 1. The molecule has 0 heterocycles. The molecule has 2 aromatic carbocycles. The lowest BCUT2D eigenvalue weighted by molar-refractivity contribution is 0.337. The van der Waals surface area contributed by atoms with Crippen molar-refractivity contribution >= 4 is 0 Å². The smallest absolute Gasteiger partial charge is 0.123 e. The first-order chi connectivity index (χ1) is 10.3. The Bertz CT molecular complexity index is 660. The second-order valence-corrected chi connectivity index (χ2v) is 4.57. The predicted octanol–water partition coefficient (Wildman–Crippen LogP) is 4.12. The topological polar surface area (TPSA) is 9.23 Å². The lowest BCUT2D eigenvalue weighted by atomic mass is 10.0. The van der Waals surface area contributed by atoms with E-state index in [0.29, 0.717) is 6.42 Å². The Labute approximate surface area is 125 Å². The van der Waals surface area contributed by atoms with E-state index in [1.807, 2.05) is 18.2 Å². The van der Waals surface area contributed by atoms with Gasteiger partial charge in [-0.25, -0.2) is 4.39 Å². The summed E-state index contributed by atoms with van der Waals surface area (Å²) in [4.78, 5) is 0. The minimum Gasteiger partial charge on any atom is -0.505 e. The van der Waals surface area contributed by atoms with E-state index in [2.05, 4.69) is 24.0 Å². The Hall–Kier alpha value is -2.53. The third-order valence-corrected chi connectivity index (χ3v) is 3.04. The zero-order valence-corrected chi connectivity index (χ0v) is 12.0. The molecule has 0 saturated heterocycles. The lowest BCUT2D eigenvalue weighted by Crippen LogP contribution is -1.91. The number of halogens is 1. The molecule has 0 aliphatic carbocycles. The van der Waals surface area contributed by atoms with Crippen LogP contribution in [0.15, 0.2) is 60.9 Å². The largest absolute Gasteiger partial charge is 0.505 e. The SMILES string of the molecule is COC=CCc1ccccc1CC#Cc1ccc(F)cc1. The van der Waals surface area contributed by atoms with E-state index < -0.39 is 0 Å². The highest BCUT2D eigenvalue weighted by Crippen LogP contribution is 2.11. The van der Waals surface area contributed by atoms with Crippen LogP contribution in [-0.2, 0) is 17.6 Å². The van der Waals surface area contributed by atoms with E-state index in [-0.39, 0.29) is 5.82 Å². The molecular formula is C19H17FO. The summed E-state index contributed by atoms with van der Waals surface area (Å²) in [5.74, 6) is 5.96. The normalized spacial score (nSPS) is 10.2. The van der Waals surface area contributed by atoms with E-state index in [1.54, 1.807) is 25.5 Å². The zero-order valence-electron chi connectivity index (χ0n) is 12.0. The number of benzene rings is 2. The molecule has 0 aliphatic rings. The molecule has 0 spiro atoms. The number of allylic oxidation sites excluding steroid dienone is 1. The minimum absolute atomic E-state index is 0.240. The molecule has 0 aliphatic heterocycles. The van der Waals surface area contributed by atoms with Crippen molar-refractivity contribution in [3.63, 3.8) is 0 Å². The molecular weight excluding hydrogens is 263 g/mol. The van der Waals surface area contributed by atoms with Crippen molar-refractivity contribution in [2.75, 3.05) is 7.11 Å². The zero-order chi connectivity index (χ0) is 14.9. The van der Waals surface area contributed by atoms with Crippen LogP contribution >= 0.6 is 0 Å². The van der Waals surface area contributed by atoms with Crippen LogP contribution < -0.4 is 0 Å². The summed E-state index contributed by atoms with van der Waals surface area (Å²) in [7, 11) is 1.64. The van der Waals surface area contributed by atoms with Crippen LogP contribution in [-0.4, -0.2) is 7.11 Å². The molecule has 21 heavy (non-hydrogen) atoms. The maximum absolute atomic E-state index is 12.8. The van der Waals surface area contributed by atoms with Crippen molar-refractivity contribution in [1.82, 2.24) is 0 Å².